The van der Waals surface area contributed by atoms with Crippen molar-refractivity contribution in [2.75, 3.05) is 14.2 Å². The fraction of sp³-hybridized carbons (Fsp3) is 0.357. The first-order valence-electron chi connectivity index (χ1n) is 6.20. The van der Waals surface area contributed by atoms with Gasteiger partial charge in [0, 0.05) is 6.54 Å². The average Bonchev–Trinajstić information content (AvgIpc) is 2.89. The number of aryl methyl sites for hydroxylation is 1. The van der Waals surface area contributed by atoms with Gasteiger partial charge in [0.2, 0.25) is 0 Å². The summed E-state index contributed by atoms with van der Waals surface area (Å²) in [6.07, 6.45) is 1.70. The second-order valence-corrected chi connectivity index (χ2v) is 4.16. The Morgan fingerprint density at radius 3 is 2.42 bits per heavy atom. The first-order chi connectivity index (χ1) is 9.21. The Morgan fingerprint density at radius 2 is 1.89 bits per heavy atom. The van der Waals surface area contributed by atoms with Crippen molar-refractivity contribution >= 4 is 0 Å². The van der Waals surface area contributed by atoms with Crippen LogP contribution in [0.4, 0.5) is 0 Å². The molecule has 0 aliphatic heterocycles. The predicted molar refractivity (Wildman–Crippen MR) is 73.5 cm³/mol. The molecule has 0 saturated carbocycles. The molecule has 0 saturated heterocycles. The molecule has 0 amide bonds. The van der Waals surface area contributed by atoms with Crippen LogP contribution < -0.4 is 15.2 Å². The van der Waals surface area contributed by atoms with E-state index in [9.17, 15) is 0 Å². The highest BCUT2D eigenvalue weighted by Crippen LogP contribution is 2.29. The van der Waals surface area contributed by atoms with Crippen molar-refractivity contribution in [2.24, 2.45) is 5.73 Å². The minimum absolute atomic E-state index is 0.275. The zero-order valence-corrected chi connectivity index (χ0v) is 11.5. The van der Waals surface area contributed by atoms with Crippen LogP contribution >= 0.6 is 0 Å². The summed E-state index contributed by atoms with van der Waals surface area (Å²) in [6, 6.07) is 7.43. The molecule has 0 radical (unpaired) electrons. The van der Waals surface area contributed by atoms with Crippen molar-refractivity contribution in [3.05, 3.63) is 41.7 Å². The molecule has 102 valence electrons. The lowest BCUT2D eigenvalue weighted by Gasteiger charge is -2.15. The third-order valence-corrected chi connectivity index (χ3v) is 3.13. The van der Waals surface area contributed by atoms with Crippen LogP contribution in [0.2, 0.25) is 0 Å². The molecule has 1 unspecified atom stereocenters. The van der Waals surface area contributed by atoms with Crippen molar-refractivity contribution in [3.8, 4) is 11.5 Å². The first kappa shape index (κ1) is 13.4. The topological polar surface area (TPSA) is 62.3 Å². The largest absolute Gasteiger partial charge is 0.497 e. The predicted octanol–water partition coefficient (Wildman–Crippen LogP) is 1.97. The highest BCUT2D eigenvalue weighted by atomic mass is 16.5. The standard InChI is InChI=1S/C14H19N3O2/c1-4-17-14(12(19-3)9-16-17)13(15)10-5-7-11(18-2)8-6-10/h5-9,13H,4,15H2,1-3H3. The van der Waals surface area contributed by atoms with Gasteiger partial charge in [-0.3, -0.25) is 4.68 Å². The summed E-state index contributed by atoms with van der Waals surface area (Å²) in [6.45, 7) is 2.78. The number of nitrogens with two attached hydrogens (primary N) is 1. The van der Waals surface area contributed by atoms with Crippen LogP contribution in [0.15, 0.2) is 30.5 Å². The summed E-state index contributed by atoms with van der Waals surface area (Å²) in [4.78, 5) is 0. The highest BCUT2D eigenvalue weighted by molar-refractivity contribution is 5.38. The Morgan fingerprint density at radius 1 is 1.21 bits per heavy atom. The van der Waals surface area contributed by atoms with E-state index in [0.717, 1.165) is 23.6 Å². The lowest BCUT2D eigenvalue weighted by Crippen LogP contribution is -2.18. The van der Waals surface area contributed by atoms with E-state index in [0.29, 0.717) is 5.75 Å². The fourth-order valence-electron chi connectivity index (χ4n) is 2.07. The molecule has 0 fully saturated rings. The number of hydrogen-bond donors (Lipinski definition) is 1. The Balaban J connectivity index is 2.36. The molecule has 0 spiro atoms. The molecule has 19 heavy (non-hydrogen) atoms. The summed E-state index contributed by atoms with van der Waals surface area (Å²) in [5, 5.41) is 4.27. The van der Waals surface area contributed by atoms with E-state index in [1.165, 1.54) is 0 Å². The Hall–Kier alpha value is -2.01. The minimum Gasteiger partial charge on any atom is -0.497 e. The SMILES string of the molecule is CCn1ncc(OC)c1C(N)c1ccc(OC)cc1. The highest BCUT2D eigenvalue weighted by Gasteiger charge is 2.19. The zero-order valence-electron chi connectivity index (χ0n) is 11.5. The molecule has 2 rings (SSSR count). The van der Waals surface area contributed by atoms with Crippen LogP contribution in [0.25, 0.3) is 0 Å². The van der Waals surface area contributed by atoms with Crippen molar-refractivity contribution in [3.63, 3.8) is 0 Å². The van der Waals surface area contributed by atoms with E-state index in [2.05, 4.69) is 5.10 Å². The van der Waals surface area contributed by atoms with Gasteiger partial charge >= 0.3 is 0 Å². The maximum atomic E-state index is 6.32. The molecule has 1 heterocycles. The lowest BCUT2D eigenvalue weighted by atomic mass is 10.0. The molecule has 1 aromatic heterocycles. The molecular weight excluding hydrogens is 242 g/mol. The molecule has 0 aliphatic rings. The van der Waals surface area contributed by atoms with Crippen molar-refractivity contribution in [2.45, 2.75) is 19.5 Å². The monoisotopic (exact) mass is 261 g/mol. The van der Waals surface area contributed by atoms with Gasteiger partial charge in [0.15, 0.2) is 5.75 Å². The Labute approximate surface area is 112 Å². The minimum atomic E-state index is -0.275. The average molecular weight is 261 g/mol. The van der Waals surface area contributed by atoms with Gasteiger partial charge in [-0.2, -0.15) is 5.10 Å². The molecular formula is C14H19N3O2. The van der Waals surface area contributed by atoms with Crippen LogP contribution in [-0.4, -0.2) is 24.0 Å². The number of nitrogens with zero attached hydrogens (tertiary/aromatic N) is 2. The van der Waals surface area contributed by atoms with Gasteiger partial charge in [-0.25, -0.2) is 0 Å². The van der Waals surface area contributed by atoms with Gasteiger partial charge in [-0.1, -0.05) is 12.1 Å². The fourth-order valence-corrected chi connectivity index (χ4v) is 2.07. The van der Waals surface area contributed by atoms with Gasteiger partial charge in [0.1, 0.15) is 11.4 Å². The Bertz CT molecular complexity index is 513. The molecule has 2 aromatic rings. The van der Waals surface area contributed by atoms with Gasteiger partial charge in [-0.15, -0.1) is 0 Å². The van der Waals surface area contributed by atoms with Crippen molar-refractivity contribution < 1.29 is 9.47 Å². The van der Waals surface area contributed by atoms with E-state index in [1.807, 2.05) is 35.9 Å². The summed E-state index contributed by atoms with van der Waals surface area (Å²) in [5.74, 6) is 1.53. The summed E-state index contributed by atoms with van der Waals surface area (Å²) < 4.78 is 12.3. The van der Waals surface area contributed by atoms with E-state index in [4.69, 9.17) is 15.2 Å². The van der Waals surface area contributed by atoms with Gasteiger partial charge < -0.3 is 15.2 Å². The van der Waals surface area contributed by atoms with E-state index in [-0.39, 0.29) is 6.04 Å². The number of rotatable bonds is 5. The first-order valence-corrected chi connectivity index (χ1v) is 6.20. The molecule has 1 atom stereocenters. The Kier molecular flexibility index (Phi) is 4.06. The molecule has 0 bridgehead atoms. The van der Waals surface area contributed by atoms with E-state index in [1.54, 1.807) is 20.4 Å². The van der Waals surface area contributed by atoms with Crippen LogP contribution in [-0.2, 0) is 6.54 Å². The van der Waals surface area contributed by atoms with E-state index >= 15 is 0 Å². The zero-order chi connectivity index (χ0) is 13.8. The van der Waals surface area contributed by atoms with Crippen LogP contribution in [0.3, 0.4) is 0 Å². The second-order valence-electron chi connectivity index (χ2n) is 4.16. The van der Waals surface area contributed by atoms with Crippen LogP contribution in [0.5, 0.6) is 11.5 Å². The summed E-state index contributed by atoms with van der Waals surface area (Å²) in [7, 11) is 3.27. The van der Waals surface area contributed by atoms with Crippen LogP contribution in [0.1, 0.15) is 24.2 Å². The summed E-state index contributed by atoms with van der Waals surface area (Å²) >= 11 is 0. The van der Waals surface area contributed by atoms with Gasteiger partial charge in [-0.05, 0) is 24.6 Å². The quantitative estimate of drug-likeness (QED) is 0.893. The molecule has 1 aromatic carbocycles. The van der Waals surface area contributed by atoms with Gasteiger partial charge in [0.25, 0.3) is 0 Å². The van der Waals surface area contributed by atoms with Crippen molar-refractivity contribution in [1.82, 2.24) is 9.78 Å². The normalized spacial score (nSPS) is 12.2. The molecule has 5 nitrogen and oxygen atoms in total. The summed E-state index contributed by atoms with van der Waals surface area (Å²) in [5.41, 5.74) is 8.20. The number of hydrogen-bond acceptors (Lipinski definition) is 4. The van der Waals surface area contributed by atoms with Crippen molar-refractivity contribution in [1.29, 1.82) is 0 Å². The third-order valence-electron chi connectivity index (χ3n) is 3.13. The molecule has 2 N–H and O–H groups in total. The molecule has 0 aliphatic carbocycles. The maximum absolute atomic E-state index is 6.32. The lowest BCUT2D eigenvalue weighted by molar-refractivity contribution is 0.404. The van der Waals surface area contributed by atoms with Crippen LogP contribution in [0, 0.1) is 0 Å². The number of aromatic nitrogens is 2. The maximum Gasteiger partial charge on any atom is 0.161 e. The number of ether oxygens (including phenoxy) is 2. The number of benzene rings is 1. The smallest absolute Gasteiger partial charge is 0.161 e. The second kappa shape index (κ2) is 5.75. The third kappa shape index (κ3) is 2.56. The number of methoxy groups -OCH3 is 2. The van der Waals surface area contributed by atoms with Gasteiger partial charge in [0.05, 0.1) is 26.5 Å². The molecule has 5 heteroatoms. The van der Waals surface area contributed by atoms with E-state index < -0.39 is 0 Å².